The molecule has 0 bridgehead atoms. The molecule has 0 aliphatic heterocycles. The van der Waals surface area contributed by atoms with Crippen molar-refractivity contribution in [3.63, 3.8) is 0 Å². The Kier molecular flexibility index (Phi) is 5.82. The molecule has 1 unspecified atom stereocenters. The van der Waals surface area contributed by atoms with Crippen molar-refractivity contribution in [2.24, 2.45) is 5.73 Å². The molecule has 0 spiro atoms. The van der Waals surface area contributed by atoms with Crippen molar-refractivity contribution in [2.45, 2.75) is 39.2 Å². The second-order valence-corrected chi connectivity index (χ2v) is 5.49. The normalized spacial score (nSPS) is 12.3. The number of halogens is 1. The van der Waals surface area contributed by atoms with Gasteiger partial charge in [-0.2, -0.15) is 0 Å². The Bertz CT molecular complexity index is 474. The lowest BCUT2D eigenvalue weighted by molar-refractivity contribution is -0.137. The lowest BCUT2D eigenvalue weighted by Gasteiger charge is -2.21. The Labute approximate surface area is 122 Å². The number of aryl methyl sites for hydroxylation is 1. The Balaban J connectivity index is 3.00. The van der Waals surface area contributed by atoms with Gasteiger partial charge in [0, 0.05) is 22.5 Å². The van der Waals surface area contributed by atoms with Gasteiger partial charge in [0.1, 0.15) is 5.75 Å². The zero-order valence-corrected chi connectivity index (χ0v) is 13.1. The molecule has 0 aliphatic carbocycles. The van der Waals surface area contributed by atoms with Crippen LogP contribution in [0.5, 0.6) is 5.75 Å². The van der Waals surface area contributed by atoms with Gasteiger partial charge in [-0.25, -0.2) is 0 Å². The molecule has 19 heavy (non-hydrogen) atoms. The summed E-state index contributed by atoms with van der Waals surface area (Å²) in [5.41, 5.74) is 9.22. The third kappa shape index (κ3) is 3.94. The molecule has 4 nitrogen and oxygen atoms in total. The maximum Gasteiger partial charge on any atom is 0.303 e. The van der Waals surface area contributed by atoms with E-state index in [1.54, 1.807) is 7.11 Å². The summed E-state index contributed by atoms with van der Waals surface area (Å²) in [6.07, 6.45) is 1.33. The lowest BCUT2D eigenvalue weighted by atomic mass is 9.94. The van der Waals surface area contributed by atoms with Gasteiger partial charge in [0.2, 0.25) is 0 Å². The van der Waals surface area contributed by atoms with Crippen LogP contribution < -0.4 is 10.5 Å². The first kappa shape index (κ1) is 16.0. The monoisotopic (exact) mass is 329 g/mol. The Morgan fingerprint density at radius 1 is 1.53 bits per heavy atom. The van der Waals surface area contributed by atoms with Gasteiger partial charge in [-0.15, -0.1) is 0 Å². The maximum atomic E-state index is 10.5. The largest absolute Gasteiger partial charge is 0.496 e. The van der Waals surface area contributed by atoms with E-state index >= 15 is 0 Å². The predicted molar refractivity (Wildman–Crippen MR) is 78.6 cm³/mol. The van der Waals surface area contributed by atoms with Crippen LogP contribution in [0.3, 0.4) is 0 Å². The van der Waals surface area contributed by atoms with E-state index in [2.05, 4.69) is 15.9 Å². The summed E-state index contributed by atoms with van der Waals surface area (Å²) in [5.74, 6) is 0.00448. The van der Waals surface area contributed by atoms with Gasteiger partial charge in [-0.1, -0.05) is 15.9 Å². The van der Waals surface area contributed by atoms with Gasteiger partial charge in [-0.3, -0.25) is 4.79 Å². The number of carboxylic acid groups (broad SMARTS) is 1. The van der Waals surface area contributed by atoms with E-state index in [-0.39, 0.29) is 12.5 Å². The minimum absolute atomic E-state index is 0.141. The van der Waals surface area contributed by atoms with E-state index in [4.69, 9.17) is 15.6 Å². The van der Waals surface area contributed by atoms with Crippen molar-refractivity contribution < 1.29 is 14.6 Å². The maximum absolute atomic E-state index is 10.5. The zero-order valence-electron chi connectivity index (χ0n) is 11.5. The number of hydrogen-bond acceptors (Lipinski definition) is 3. The fraction of sp³-hybridized carbons (Fsp3) is 0.500. The third-order valence-electron chi connectivity index (χ3n) is 3.19. The van der Waals surface area contributed by atoms with Gasteiger partial charge >= 0.3 is 5.97 Å². The number of ether oxygens (including phenoxy) is 1. The predicted octanol–water partition coefficient (Wildman–Crippen LogP) is 3.33. The zero-order chi connectivity index (χ0) is 14.6. The first-order valence-electron chi connectivity index (χ1n) is 6.19. The molecule has 1 aromatic carbocycles. The molecule has 106 valence electrons. The fourth-order valence-corrected chi connectivity index (χ4v) is 2.77. The van der Waals surface area contributed by atoms with Crippen LogP contribution >= 0.6 is 15.9 Å². The standard InChI is InChI=1S/C14H20BrNO3/c1-8-7-10(15)9(2)13(14(8)19-3)11(16)5-4-6-12(17)18/h7,11H,4-6,16H2,1-3H3,(H,17,18). The van der Waals surface area contributed by atoms with Crippen LogP contribution in [0.2, 0.25) is 0 Å². The highest BCUT2D eigenvalue weighted by Crippen LogP contribution is 2.37. The van der Waals surface area contributed by atoms with E-state index < -0.39 is 5.97 Å². The molecule has 0 amide bonds. The summed E-state index contributed by atoms with van der Waals surface area (Å²) >= 11 is 3.51. The molecule has 1 atom stereocenters. The van der Waals surface area contributed by atoms with Crippen LogP contribution in [0.1, 0.15) is 42.0 Å². The van der Waals surface area contributed by atoms with E-state index in [1.165, 1.54) is 0 Å². The summed E-state index contributed by atoms with van der Waals surface area (Å²) < 4.78 is 6.44. The summed E-state index contributed by atoms with van der Waals surface area (Å²) in [5, 5.41) is 8.67. The van der Waals surface area contributed by atoms with Crippen molar-refractivity contribution >= 4 is 21.9 Å². The number of carbonyl (C=O) groups is 1. The van der Waals surface area contributed by atoms with Crippen molar-refractivity contribution in [1.29, 1.82) is 0 Å². The van der Waals surface area contributed by atoms with Crippen molar-refractivity contribution in [3.05, 3.63) is 27.2 Å². The van der Waals surface area contributed by atoms with Crippen LogP contribution in [0, 0.1) is 13.8 Å². The van der Waals surface area contributed by atoms with E-state index in [0.717, 1.165) is 26.9 Å². The molecule has 0 aromatic heterocycles. The van der Waals surface area contributed by atoms with Crippen LogP contribution in [0.15, 0.2) is 10.5 Å². The minimum Gasteiger partial charge on any atom is -0.496 e. The third-order valence-corrected chi connectivity index (χ3v) is 4.01. The number of nitrogens with two attached hydrogens (primary N) is 1. The first-order chi connectivity index (χ1) is 8.88. The van der Waals surface area contributed by atoms with Crippen LogP contribution in [-0.2, 0) is 4.79 Å². The number of benzene rings is 1. The molecule has 3 N–H and O–H groups in total. The van der Waals surface area contributed by atoms with E-state index in [0.29, 0.717) is 12.8 Å². The Morgan fingerprint density at radius 3 is 2.68 bits per heavy atom. The SMILES string of the molecule is COc1c(C)cc(Br)c(C)c1C(N)CCCC(=O)O. The van der Waals surface area contributed by atoms with Gasteiger partial charge in [0.25, 0.3) is 0 Å². The second kappa shape index (κ2) is 6.91. The molecule has 0 aliphatic rings. The second-order valence-electron chi connectivity index (χ2n) is 4.64. The molecule has 0 saturated carbocycles. The molecule has 1 rings (SSSR count). The van der Waals surface area contributed by atoms with Crippen LogP contribution in [-0.4, -0.2) is 18.2 Å². The molecule has 1 aromatic rings. The van der Waals surface area contributed by atoms with E-state index in [1.807, 2.05) is 19.9 Å². The topological polar surface area (TPSA) is 72.5 Å². The number of rotatable bonds is 6. The molecule has 0 heterocycles. The van der Waals surface area contributed by atoms with Crippen molar-refractivity contribution in [1.82, 2.24) is 0 Å². The minimum atomic E-state index is -0.790. The van der Waals surface area contributed by atoms with Gasteiger partial charge in [0.15, 0.2) is 0 Å². The van der Waals surface area contributed by atoms with Gasteiger partial charge in [-0.05, 0) is 43.9 Å². The molecule has 5 heteroatoms. The molecular weight excluding hydrogens is 310 g/mol. The smallest absolute Gasteiger partial charge is 0.303 e. The van der Waals surface area contributed by atoms with Gasteiger partial charge in [0.05, 0.1) is 7.11 Å². The molecular formula is C14H20BrNO3. The lowest BCUT2D eigenvalue weighted by Crippen LogP contribution is -2.14. The highest BCUT2D eigenvalue weighted by molar-refractivity contribution is 9.10. The quantitative estimate of drug-likeness (QED) is 0.839. The van der Waals surface area contributed by atoms with Crippen LogP contribution in [0.25, 0.3) is 0 Å². The van der Waals surface area contributed by atoms with Crippen LogP contribution in [0.4, 0.5) is 0 Å². The van der Waals surface area contributed by atoms with Crippen molar-refractivity contribution in [2.75, 3.05) is 7.11 Å². The number of aliphatic carboxylic acids is 1. The average Bonchev–Trinajstić information content (AvgIpc) is 2.32. The highest BCUT2D eigenvalue weighted by Gasteiger charge is 2.19. The summed E-state index contributed by atoms with van der Waals surface area (Å²) in [6, 6.07) is 1.78. The number of carboxylic acids is 1. The molecule has 0 fully saturated rings. The summed E-state index contributed by atoms with van der Waals surface area (Å²) in [7, 11) is 1.63. The summed E-state index contributed by atoms with van der Waals surface area (Å²) in [6.45, 7) is 3.95. The fourth-order valence-electron chi connectivity index (χ4n) is 2.21. The Morgan fingerprint density at radius 2 is 2.16 bits per heavy atom. The van der Waals surface area contributed by atoms with Crippen molar-refractivity contribution in [3.8, 4) is 5.75 Å². The molecule has 0 saturated heterocycles. The van der Waals surface area contributed by atoms with Gasteiger partial charge < -0.3 is 15.6 Å². The highest BCUT2D eigenvalue weighted by atomic mass is 79.9. The Hall–Kier alpha value is -1.07. The summed E-state index contributed by atoms with van der Waals surface area (Å²) in [4.78, 5) is 10.5. The first-order valence-corrected chi connectivity index (χ1v) is 6.98. The number of methoxy groups -OCH3 is 1. The van der Waals surface area contributed by atoms with E-state index in [9.17, 15) is 4.79 Å². The number of hydrogen-bond donors (Lipinski definition) is 2. The molecule has 0 radical (unpaired) electrons. The average molecular weight is 330 g/mol.